The Labute approximate surface area is 101 Å². The molecule has 2 unspecified atom stereocenters. The molecule has 4 nitrogen and oxygen atoms in total. The van der Waals surface area contributed by atoms with Gasteiger partial charge >= 0.3 is 0 Å². The number of ketones is 1. The molecule has 0 spiro atoms. The first kappa shape index (κ1) is 12.4. The molecule has 0 N–H and O–H groups in total. The summed E-state index contributed by atoms with van der Waals surface area (Å²) in [5.74, 6) is -0.173. The average Bonchev–Trinajstić information content (AvgIpc) is 2.80. The summed E-state index contributed by atoms with van der Waals surface area (Å²) in [5.41, 5.74) is 0.546. The van der Waals surface area contributed by atoms with E-state index in [2.05, 4.69) is 0 Å². The van der Waals surface area contributed by atoms with Gasteiger partial charge in [-0.05, 0) is 25.3 Å². The second-order valence-corrected chi connectivity index (χ2v) is 7.02. The van der Waals surface area contributed by atoms with Gasteiger partial charge < -0.3 is 4.42 Å². The minimum Gasteiger partial charge on any atom is -0.472 e. The summed E-state index contributed by atoms with van der Waals surface area (Å²) in [5, 5.41) is -0.364. The number of hydrogen-bond donors (Lipinski definition) is 0. The largest absolute Gasteiger partial charge is 0.472 e. The highest BCUT2D eigenvalue weighted by Crippen LogP contribution is 2.30. The van der Waals surface area contributed by atoms with E-state index in [0.717, 1.165) is 12.8 Å². The van der Waals surface area contributed by atoms with Crippen molar-refractivity contribution in [2.75, 3.05) is 6.26 Å². The van der Waals surface area contributed by atoms with Gasteiger partial charge in [-0.3, -0.25) is 4.79 Å². The lowest BCUT2D eigenvalue weighted by Gasteiger charge is -2.26. The van der Waals surface area contributed by atoms with E-state index in [-0.39, 0.29) is 17.0 Å². The summed E-state index contributed by atoms with van der Waals surface area (Å²) in [4.78, 5) is 12.1. The smallest absolute Gasteiger partial charge is 0.169 e. The van der Waals surface area contributed by atoms with Gasteiger partial charge in [0.25, 0.3) is 0 Å². The zero-order chi connectivity index (χ0) is 12.5. The SMILES string of the molecule is CS(=O)(=O)C1CCCC(C(=O)c2ccoc2)C1. The molecule has 0 saturated heterocycles. The van der Waals surface area contributed by atoms with Crippen LogP contribution in [0.4, 0.5) is 0 Å². The fourth-order valence-electron chi connectivity index (χ4n) is 2.41. The van der Waals surface area contributed by atoms with Gasteiger partial charge in [-0.2, -0.15) is 0 Å². The third kappa shape index (κ3) is 2.77. The zero-order valence-corrected chi connectivity index (χ0v) is 10.6. The molecular weight excluding hydrogens is 240 g/mol. The van der Waals surface area contributed by atoms with Crippen LogP contribution in [0.15, 0.2) is 23.0 Å². The number of carbonyl (C=O) groups excluding carboxylic acids is 1. The van der Waals surface area contributed by atoms with Crippen molar-refractivity contribution in [2.24, 2.45) is 5.92 Å². The van der Waals surface area contributed by atoms with Crippen LogP contribution >= 0.6 is 0 Å². The highest BCUT2D eigenvalue weighted by atomic mass is 32.2. The van der Waals surface area contributed by atoms with Crippen molar-refractivity contribution in [3.05, 3.63) is 24.2 Å². The fraction of sp³-hybridized carbons (Fsp3) is 0.583. The molecule has 0 aromatic carbocycles. The van der Waals surface area contributed by atoms with E-state index in [1.54, 1.807) is 6.07 Å². The molecule has 1 saturated carbocycles. The molecule has 1 fully saturated rings. The first-order valence-electron chi connectivity index (χ1n) is 5.74. The summed E-state index contributed by atoms with van der Waals surface area (Å²) in [7, 11) is -3.04. The molecule has 1 aliphatic rings. The van der Waals surface area contributed by atoms with Crippen LogP contribution in [-0.2, 0) is 9.84 Å². The Kier molecular flexibility index (Phi) is 3.38. The quantitative estimate of drug-likeness (QED) is 0.776. The predicted molar refractivity (Wildman–Crippen MR) is 63.6 cm³/mol. The molecule has 2 atom stereocenters. The predicted octanol–water partition coefficient (Wildman–Crippen LogP) is 2.07. The van der Waals surface area contributed by atoms with Crippen molar-refractivity contribution < 1.29 is 17.6 Å². The van der Waals surface area contributed by atoms with Crippen LogP contribution in [0.25, 0.3) is 0 Å². The highest BCUT2D eigenvalue weighted by molar-refractivity contribution is 7.91. The molecule has 0 radical (unpaired) electrons. The summed E-state index contributed by atoms with van der Waals surface area (Å²) >= 11 is 0. The lowest BCUT2D eigenvalue weighted by molar-refractivity contribution is 0.0890. The van der Waals surface area contributed by atoms with Crippen molar-refractivity contribution in [3.63, 3.8) is 0 Å². The van der Waals surface area contributed by atoms with Crippen LogP contribution in [0, 0.1) is 5.92 Å². The van der Waals surface area contributed by atoms with Crippen LogP contribution in [0.3, 0.4) is 0 Å². The Morgan fingerprint density at radius 3 is 2.76 bits per heavy atom. The van der Waals surface area contributed by atoms with Gasteiger partial charge in [-0.1, -0.05) is 6.42 Å². The van der Waals surface area contributed by atoms with E-state index in [1.807, 2.05) is 0 Å². The van der Waals surface area contributed by atoms with Gasteiger partial charge in [-0.15, -0.1) is 0 Å². The second kappa shape index (κ2) is 4.64. The Hall–Kier alpha value is -1.10. The lowest BCUT2D eigenvalue weighted by atomic mass is 9.84. The van der Waals surface area contributed by atoms with E-state index < -0.39 is 9.84 Å². The molecule has 2 rings (SSSR count). The van der Waals surface area contributed by atoms with Crippen molar-refractivity contribution in [3.8, 4) is 0 Å². The van der Waals surface area contributed by atoms with Gasteiger partial charge in [0.1, 0.15) is 16.1 Å². The molecule has 5 heteroatoms. The number of rotatable bonds is 3. The first-order valence-corrected chi connectivity index (χ1v) is 7.69. The number of Topliss-reactive ketones (excluding diaryl/α,β-unsaturated/α-hetero) is 1. The maximum absolute atomic E-state index is 12.1. The summed E-state index contributed by atoms with van der Waals surface area (Å²) in [6.45, 7) is 0. The maximum atomic E-state index is 12.1. The van der Waals surface area contributed by atoms with E-state index >= 15 is 0 Å². The van der Waals surface area contributed by atoms with Crippen LogP contribution in [0.1, 0.15) is 36.0 Å². The molecule has 1 aromatic rings. The van der Waals surface area contributed by atoms with Gasteiger partial charge in [0.15, 0.2) is 5.78 Å². The van der Waals surface area contributed by atoms with E-state index in [9.17, 15) is 13.2 Å². The third-order valence-electron chi connectivity index (χ3n) is 3.41. The van der Waals surface area contributed by atoms with Crippen LogP contribution in [-0.4, -0.2) is 25.7 Å². The summed E-state index contributed by atoms with van der Waals surface area (Å²) in [6, 6.07) is 1.63. The fourth-order valence-corrected chi connectivity index (χ4v) is 3.59. The minimum absolute atomic E-state index is 0.00657. The third-order valence-corrected chi connectivity index (χ3v) is 5.05. The second-order valence-electron chi connectivity index (χ2n) is 4.69. The number of carbonyl (C=O) groups is 1. The molecule has 0 amide bonds. The molecule has 1 aromatic heterocycles. The number of furan rings is 1. The van der Waals surface area contributed by atoms with E-state index in [1.165, 1.54) is 18.8 Å². The summed E-state index contributed by atoms with van der Waals surface area (Å²) in [6.07, 6.45) is 6.83. The van der Waals surface area contributed by atoms with Gasteiger partial charge in [0, 0.05) is 12.2 Å². The van der Waals surface area contributed by atoms with Crippen molar-refractivity contribution in [1.29, 1.82) is 0 Å². The maximum Gasteiger partial charge on any atom is 0.169 e. The number of hydrogen-bond acceptors (Lipinski definition) is 4. The van der Waals surface area contributed by atoms with Gasteiger partial charge in [-0.25, -0.2) is 8.42 Å². The van der Waals surface area contributed by atoms with Crippen molar-refractivity contribution >= 4 is 15.6 Å². The zero-order valence-electron chi connectivity index (χ0n) is 9.76. The van der Waals surface area contributed by atoms with Crippen LogP contribution in [0.5, 0.6) is 0 Å². The van der Waals surface area contributed by atoms with Crippen molar-refractivity contribution in [1.82, 2.24) is 0 Å². The molecule has 94 valence electrons. The molecule has 0 aliphatic heterocycles. The Morgan fingerprint density at radius 2 is 2.18 bits per heavy atom. The Bertz CT molecular complexity index is 487. The van der Waals surface area contributed by atoms with Crippen molar-refractivity contribution in [2.45, 2.75) is 30.9 Å². The highest BCUT2D eigenvalue weighted by Gasteiger charge is 2.32. The molecular formula is C12H16O4S. The topological polar surface area (TPSA) is 64.3 Å². The van der Waals surface area contributed by atoms with Crippen LogP contribution < -0.4 is 0 Å². The lowest BCUT2D eigenvalue weighted by Crippen LogP contribution is -2.31. The Morgan fingerprint density at radius 1 is 1.41 bits per heavy atom. The molecule has 17 heavy (non-hydrogen) atoms. The summed E-state index contributed by atoms with van der Waals surface area (Å²) < 4.78 is 27.9. The standard InChI is InChI=1S/C12H16O4S/c1-17(14,15)11-4-2-3-9(7-11)12(13)10-5-6-16-8-10/h5-6,8-9,11H,2-4,7H2,1H3. The first-order chi connectivity index (χ1) is 7.98. The monoisotopic (exact) mass is 256 g/mol. The van der Waals surface area contributed by atoms with E-state index in [4.69, 9.17) is 4.42 Å². The van der Waals surface area contributed by atoms with Gasteiger partial charge in [0.2, 0.25) is 0 Å². The average molecular weight is 256 g/mol. The van der Waals surface area contributed by atoms with Gasteiger partial charge in [0.05, 0.1) is 17.1 Å². The molecule has 1 aliphatic carbocycles. The molecule has 0 bridgehead atoms. The van der Waals surface area contributed by atoms with Crippen LogP contribution in [0.2, 0.25) is 0 Å². The normalized spacial score (nSPS) is 25.7. The minimum atomic E-state index is -3.04. The molecule has 1 heterocycles. The van der Waals surface area contributed by atoms with E-state index in [0.29, 0.717) is 18.4 Å². The number of sulfone groups is 1. The Balaban J connectivity index is 2.10.